The predicted molar refractivity (Wildman–Crippen MR) is 119 cm³/mol. The second-order valence-corrected chi connectivity index (χ2v) is 7.08. The number of nitrogens with zero attached hydrogens (tertiary/aromatic N) is 2. The Kier molecular flexibility index (Phi) is 7.97. The number of hydrogen-bond donors (Lipinski definition) is 0. The van der Waals surface area contributed by atoms with E-state index < -0.39 is 17.6 Å². The van der Waals surface area contributed by atoms with Crippen molar-refractivity contribution in [2.45, 2.75) is 6.92 Å². The first kappa shape index (κ1) is 23.4. The molecule has 1 aliphatic rings. The van der Waals surface area contributed by atoms with Crippen LogP contribution in [0.15, 0.2) is 54.2 Å². The Morgan fingerprint density at radius 2 is 1.59 bits per heavy atom. The van der Waals surface area contributed by atoms with E-state index in [0.29, 0.717) is 49.9 Å². The zero-order valence-corrected chi connectivity index (χ0v) is 18.5. The number of hydrogen-bond acceptors (Lipinski definition) is 6. The number of benzene rings is 2. The molecule has 3 rings (SSSR count). The first-order valence-corrected chi connectivity index (χ1v) is 10.4. The van der Waals surface area contributed by atoms with Crippen LogP contribution in [0.5, 0.6) is 5.75 Å². The van der Waals surface area contributed by atoms with Gasteiger partial charge in [-0.15, -0.1) is 0 Å². The molecule has 0 aliphatic carbocycles. The molecular weight excluding hydrogens is 415 g/mol. The number of rotatable bonds is 11. The summed E-state index contributed by atoms with van der Waals surface area (Å²) in [5.74, 6) is -0.817. The standard InChI is InChI=1S/C24H27FN2O5/c1-4-32-20-7-5-6-19(16-20)27-23(28)21(17-8-10-18(25)11-9-17)22(24(27)29)26(12-14-30-2)13-15-31-3/h5-11,16H,4,12-15H2,1-3H3. The average Bonchev–Trinajstić information content (AvgIpc) is 3.05. The highest BCUT2D eigenvalue weighted by atomic mass is 19.1. The topological polar surface area (TPSA) is 68.3 Å². The van der Waals surface area contributed by atoms with Crippen LogP contribution in [0.4, 0.5) is 10.1 Å². The predicted octanol–water partition coefficient (Wildman–Crippen LogP) is 3.10. The maximum absolute atomic E-state index is 13.6. The first-order valence-electron chi connectivity index (χ1n) is 10.4. The Balaban J connectivity index is 2.10. The minimum absolute atomic E-state index is 0.212. The normalized spacial score (nSPS) is 13.8. The van der Waals surface area contributed by atoms with Crippen LogP contribution in [0.25, 0.3) is 5.57 Å². The number of imide groups is 1. The van der Waals surface area contributed by atoms with E-state index in [2.05, 4.69) is 0 Å². The molecule has 0 saturated carbocycles. The Morgan fingerprint density at radius 3 is 2.19 bits per heavy atom. The number of carbonyl (C=O) groups excluding carboxylic acids is 2. The lowest BCUT2D eigenvalue weighted by Crippen LogP contribution is -2.37. The van der Waals surface area contributed by atoms with Crippen molar-refractivity contribution < 1.29 is 28.2 Å². The van der Waals surface area contributed by atoms with Gasteiger partial charge in [-0.05, 0) is 36.8 Å². The van der Waals surface area contributed by atoms with Crippen molar-refractivity contribution in [1.29, 1.82) is 0 Å². The molecular formula is C24H27FN2O5. The molecule has 2 amide bonds. The van der Waals surface area contributed by atoms with Crippen molar-refractivity contribution in [2.75, 3.05) is 52.0 Å². The van der Waals surface area contributed by atoms with Gasteiger partial charge >= 0.3 is 0 Å². The number of halogens is 1. The highest BCUT2D eigenvalue weighted by Gasteiger charge is 2.42. The van der Waals surface area contributed by atoms with Crippen molar-refractivity contribution in [2.24, 2.45) is 0 Å². The van der Waals surface area contributed by atoms with Crippen LogP contribution in [-0.2, 0) is 19.1 Å². The molecule has 170 valence electrons. The maximum Gasteiger partial charge on any atom is 0.282 e. The third-order valence-corrected chi connectivity index (χ3v) is 5.03. The molecule has 1 heterocycles. The first-order chi connectivity index (χ1) is 15.5. The van der Waals surface area contributed by atoms with E-state index in [4.69, 9.17) is 14.2 Å². The number of methoxy groups -OCH3 is 2. The van der Waals surface area contributed by atoms with Gasteiger partial charge in [0.1, 0.15) is 17.3 Å². The van der Waals surface area contributed by atoms with Crippen LogP contribution in [0.2, 0.25) is 0 Å². The van der Waals surface area contributed by atoms with Crippen molar-refractivity contribution in [3.8, 4) is 5.75 Å². The van der Waals surface area contributed by atoms with Crippen molar-refractivity contribution in [1.82, 2.24) is 4.90 Å². The second-order valence-electron chi connectivity index (χ2n) is 7.08. The molecule has 0 bridgehead atoms. The van der Waals surface area contributed by atoms with E-state index in [1.807, 2.05) is 6.92 Å². The zero-order valence-electron chi connectivity index (χ0n) is 18.5. The van der Waals surface area contributed by atoms with Gasteiger partial charge < -0.3 is 19.1 Å². The van der Waals surface area contributed by atoms with Gasteiger partial charge in [0.05, 0.1) is 31.1 Å². The fourth-order valence-electron chi connectivity index (χ4n) is 3.54. The highest BCUT2D eigenvalue weighted by molar-refractivity contribution is 6.45. The maximum atomic E-state index is 13.6. The molecule has 0 saturated heterocycles. The summed E-state index contributed by atoms with van der Waals surface area (Å²) in [5, 5.41) is 0. The largest absolute Gasteiger partial charge is 0.494 e. The number of anilines is 1. The average molecular weight is 442 g/mol. The van der Waals surface area contributed by atoms with Crippen LogP contribution in [0.3, 0.4) is 0 Å². The van der Waals surface area contributed by atoms with Crippen molar-refractivity contribution in [3.63, 3.8) is 0 Å². The van der Waals surface area contributed by atoms with Gasteiger partial charge in [0, 0.05) is 33.4 Å². The summed E-state index contributed by atoms with van der Waals surface area (Å²) in [6.45, 7) is 3.78. The molecule has 8 heteroatoms. The molecule has 1 aliphatic heterocycles. The molecule has 0 fully saturated rings. The zero-order chi connectivity index (χ0) is 23.1. The number of carbonyl (C=O) groups is 2. The fraction of sp³-hybridized carbons (Fsp3) is 0.333. The van der Waals surface area contributed by atoms with Gasteiger partial charge in [-0.2, -0.15) is 0 Å². The van der Waals surface area contributed by atoms with Crippen LogP contribution in [-0.4, -0.2) is 63.8 Å². The molecule has 2 aromatic carbocycles. The number of ether oxygens (including phenoxy) is 3. The van der Waals surface area contributed by atoms with E-state index in [0.717, 1.165) is 4.90 Å². The molecule has 2 aromatic rings. The van der Waals surface area contributed by atoms with Gasteiger partial charge in [-0.1, -0.05) is 18.2 Å². The van der Waals surface area contributed by atoms with Crippen LogP contribution >= 0.6 is 0 Å². The molecule has 0 unspecified atom stereocenters. The molecule has 0 N–H and O–H groups in total. The third-order valence-electron chi connectivity index (χ3n) is 5.03. The van der Waals surface area contributed by atoms with Crippen LogP contribution in [0, 0.1) is 5.82 Å². The Labute approximate surface area is 187 Å². The Morgan fingerprint density at radius 1 is 0.938 bits per heavy atom. The Bertz CT molecular complexity index is 982. The minimum atomic E-state index is -0.481. The summed E-state index contributed by atoms with van der Waals surface area (Å²) in [6.07, 6.45) is 0. The van der Waals surface area contributed by atoms with Gasteiger partial charge in [0.15, 0.2) is 0 Å². The molecule has 0 aromatic heterocycles. The lowest BCUT2D eigenvalue weighted by atomic mass is 10.0. The summed E-state index contributed by atoms with van der Waals surface area (Å²) in [4.78, 5) is 30.1. The van der Waals surface area contributed by atoms with E-state index in [1.165, 1.54) is 24.3 Å². The SMILES string of the molecule is CCOc1cccc(N2C(=O)C(c3ccc(F)cc3)=C(N(CCOC)CCOC)C2=O)c1. The molecule has 0 atom stereocenters. The summed E-state index contributed by atoms with van der Waals surface area (Å²) in [7, 11) is 3.13. The van der Waals surface area contributed by atoms with E-state index in [1.54, 1.807) is 43.4 Å². The summed E-state index contributed by atoms with van der Waals surface area (Å²) in [6, 6.07) is 12.4. The molecule has 32 heavy (non-hydrogen) atoms. The van der Waals surface area contributed by atoms with Crippen molar-refractivity contribution in [3.05, 3.63) is 65.6 Å². The van der Waals surface area contributed by atoms with E-state index in [9.17, 15) is 14.0 Å². The second kappa shape index (κ2) is 10.9. The number of amides is 2. The highest BCUT2D eigenvalue weighted by Crippen LogP contribution is 2.35. The molecule has 7 nitrogen and oxygen atoms in total. The van der Waals surface area contributed by atoms with Gasteiger partial charge in [-0.3, -0.25) is 9.59 Å². The van der Waals surface area contributed by atoms with Gasteiger partial charge in [-0.25, -0.2) is 9.29 Å². The summed E-state index contributed by atoms with van der Waals surface area (Å²) >= 11 is 0. The van der Waals surface area contributed by atoms with Crippen molar-refractivity contribution >= 4 is 23.1 Å². The monoisotopic (exact) mass is 442 g/mol. The third kappa shape index (κ3) is 4.98. The van der Waals surface area contributed by atoms with E-state index >= 15 is 0 Å². The summed E-state index contributed by atoms with van der Waals surface area (Å²) in [5.41, 5.74) is 1.31. The lowest BCUT2D eigenvalue weighted by molar-refractivity contribution is -0.120. The minimum Gasteiger partial charge on any atom is -0.494 e. The van der Waals surface area contributed by atoms with Gasteiger partial charge in [0.25, 0.3) is 11.8 Å². The molecule has 0 spiro atoms. The van der Waals surface area contributed by atoms with Crippen LogP contribution < -0.4 is 9.64 Å². The van der Waals surface area contributed by atoms with E-state index in [-0.39, 0.29) is 11.3 Å². The smallest absolute Gasteiger partial charge is 0.282 e. The molecule has 0 radical (unpaired) electrons. The lowest BCUT2D eigenvalue weighted by Gasteiger charge is -2.25. The Hall–Kier alpha value is -3.23. The quantitative estimate of drug-likeness (QED) is 0.498. The van der Waals surface area contributed by atoms with Gasteiger partial charge in [0.2, 0.25) is 0 Å². The summed E-state index contributed by atoms with van der Waals surface area (Å²) < 4.78 is 29.5. The van der Waals surface area contributed by atoms with Crippen LogP contribution in [0.1, 0.15) is 12.5 Å². The fourth-order valence-corrected chi connectivity index (χ4v) is 3.54.